The SMILES string of the molecule is CSCCCCNC(=O)N1CCC[C@@H]1C(=O)O. The molecular formula is C11H20N2O3S. The van der Waals surface area contributed by atoms with Crippen LogP contribution in [0.2, 0.25) is 0 Å². The predicted octanol–water partition coefficient (Wildman–Crippen LogP) is 1.39. The zero-order chi connectivity index (χ0) is 12.7. The fourth-order valence-corrected chi connectivity index (χ4v) is 2.43. The molecule has 0 unspecified atom stereocenters. The van der Waals surface area contributed by atoms with Crippen LogP contribution in [0, 0.1) is 0 Å². The van der Waals surface area contributed by atoms with E-state index in [2.05, 4.69) is 11.6 Å². The number of unbranched alkanes of at least 4 members (excludes halogenated alkanes) is 1. The highest BCUT2D eigenvalue weighted by atomic mass is 32.2. The van der Waals surface area contributed by atoms with Crippen molar-refractivity contribution in [2.75, 3.05) is 25.1 Å². The Hall–Kier alpha value is -0.910. The normalized spacial score (nSPS) is 19.4. The highest BCUT2D eigenvalue weighted by molar-refractivity contribution is 7.98. The summed E-state index contributed by atoms with van der Waals surface area (Å²) in [6.07, 6.45) is 5.41. The summed E-state index contributed by atoms with van der Waals surface area (Å²) in [5.74, 6) is 0.192. The molecule has 1 aliphatic rings. The summed E-state index contributed by atoms with van der Waals surface area (Å²) < 4.78 is 0. The van der Waals surface area contributed by atoms with E-state index in [1.165, 1.54) is 4.90 Å². The molecule has 1 rings (SSSR count). The Labute approximate surface area is 106 Å². The minimum Gasteiger partial charge on any atom is -0.480 e. The van der Waals surface area contributed by atoms with Crippen molar-refractivity contribution in [1.29, 1.82) is 0 Å². The molecule has 2 N–H and O–H groups in total. The van der Waals surface area contributed by atoms with Crippen molar-refractivity contribution in [3.63, 3.8) is 0 Å². The molecule has 1 heterocycles. The molecule has 0 aromatic carbocycles. The minimum absolute atomic E-state index is 0.237. The molecule has 2 amide bonds. The van der Waals surface area contributed by atoms with E-state index in [1.807, 2.05) is 0 Å². The summed E-state index contributed by atoms with van der Waals surface area (Å²) in [6.45, 7) is 1.18. The van der Waals surface area contributed by atoms with Crippen molar-refractivity contribution in [1.82, 2.24) is 10.2 Å². The van der Waals surface area contributed by atoms with E-state index < -0.39 is 12.0 Å². The molecule has 0 aliphatic carbocycles. The number of hydrogen-bond acceptors (Lipinski definition) is 3. The summed E-state index contributed by atoms with van der Waals surface area (Å²) in [5.41, 5.74) is 0. The molecule has 1 fully saturated rings. The molecule has 6 heteroatoms. The predicted molar refractivity (Wildman–Crippen MR) is 68.4 cm³/mol. The van der Waals surface area contributed by atoms with Crippen LogP contribution in [-0.2, 0) is 4.79 Å². The third kappa shape index (κ3) is 4.46. The molecule has 0 bridgehead atoms. The van der Waals surface area contributed by atoms with Gasteiger partial charge in [0, 0.05) is 13.1 Å². The number of rotatable bonds is 6. The Kier molecular flexibility index (Phi) is 6.18. The summed E-state index contributed by atoms with van der Waals surface area (Å²) in [6, 6.07) is -0.875. The van der Waals surface area contributed by atoms with Gasteiger partial charge in [0.2, 0.25) is 0 Å². The van der Waals surface area contributed by atoms with Gasteiger partial charge in [0.05, 0.1) is 0 Å². The van der Waals surface area contributed by atoms with Gasteiger partial charge in [-0.15, -0.1) is 0 Å². The second kappa shape index (κ2) is 7.42. The average molecular weight is 260 g/mol. The van der Waals surface area contributed by atoms with Crippen LogP contribution in [0.3, 0.4) is 0 Å². The van der Waals surface area contributed by atoms with Gasteiger partial charge < -0.3 is 15.3 Å². The standard InChI is InChI=1S/C11H20N2O3S/c1-17-8-3-2-6-12-11(16)13-7-4-5-9(13)10(14)15/h9H,2-8H2,1H3,(H,12,16)(H,14,15)/t9-/m1/s1. The minimum atomic E-state index is -0.903. The Morgan fingerprint density at radius 1 is 1.47 bits per heavy atom. The summed E-state index contributed by atoms with van der Waals surface area (Å²) in [5, 5.41) is 11.7. The monoisotopic (exact) mass is 260 g/mol. The lowest BCUT2D eigenvalue weighted by Gasteiger charge is -2.21. The van der Waals surface area contributed by atoms with E-state index in [-0.39, 0.29) is 6.03 Å². The topological polar surface area (TPSA) is 69.6 Å². The largest absolute Gasteiger partial charge is 0.480 e. The maximum Gasteiger partial charge on any atom is 0.326 e. The van der Waals surface area contributed by atoms with E-state index in [1.54, 1.807) is 11.8 Å². The van der Waals surface area contributed by atoms with Crippen LogP contribution in [0.1, 0.15) is 25.7 Å². The van der Waals surface area contributed by atoms with E-state index in [4.69, 9.17) is 5.11 Å². The summed E-state index contributed by atoms with van der Waals surface area (Å²) in [4.78, 5) is 24.1. The van der Waals surface area contributed by atoms with Gasteiger partial charge in [-0.25, -0.2) is 9.59 Å². The molecule has 0 spiro atoms. The number of nitrogens with zero attached hydrogens (tertiary/aromatic N) is 1. The molecule has 1 aliphatic heterocycles. The lowest BCUT2D eigenvalue weighted by Crippen LogP contribution is -2.46. The van der Waals surface area contributed by atoms with Crippen molar-refractivity contribution in [2.24, 2.45) is 0 Å². The lowest BCUT2D eigenvalue weighted by molar-refractivity contribution is -0.141. The number of hydrogen-bond donors (Lipinski definition) is 2. The van der Waals surface area contributed by atoms with E-state index in [0.29, 0.717) is 19.5 Å². The smallest absolute Gasteiger partial charge is 0.326 e. The number of thioether (sulfide) groups is 1. The molecule has 17 heavy (non-hydrogen) atoms. The number of aliphatic carboxylic acids is 1. The molecule has 5 nitrogen and oxygen atoms in total. The Morgan fingerprint density at radius 3 is 2.88 bits per heavy atom. The maximum atomic E-state index is 11.7. The first-order chi connectivity index (χ1) is 8.16. The lowest BCUT2D eigenvalue weighted by atomic mass is 10.2. The third-order valence-corrected chi connectivity index (χ3v) is 3.55. The van der Waals surface area contributed by atoms with Gasteiger partial charge >= 0.3 is 12.0 Å². The zero-order valence-corrected chi connectivity index (χ0v) is 11.0. The van der Waals surface area contributed by atoms with Gasteiger partial charge in [0.25, 0.3) is 0 Å². The van der Waals surface area contributed by atoms with Crippen LogP contribution in [0.5, 0.6) is 0 Å². The molecule has 1 saturated heterocycles. The molecule has 1 atom stereocenters. The number of nitrogens with one attached hydrogen (secondary N) is 1. The Balaban J connectivity index is 2.25. The number of likely N-dealkylation sites (tertiary alicyclic amines) is 1. The molecule has 0 aromatic heterocycles. The molecule has 0 saturated carbocycles. The van der Waals surface area contributed by atoms with Crippen molar-refractivity contribution in [2.45, 2.75) is 31.7 Å². The number of carbonyl (C=O) groups excluding carboxylic acids is 1. The van der Waals surface area contributed by atoms with Gasteiger partial charge in [0.15, 0.2) is 0 Å². The number of amides is 2. The maximum absolute atomic E-state index is 11.7. The van der Waals surface area contributed by atoms with Gasteiger partial charge in [0.1, 0.15) is 6.04 Å². The first kappa shape index (κ1) is 14.2. The summed E-state index contributed by atoms with van der Waals surface area (Å²) in [7, 11) is 0. The van der Waals surface area contributed by atoms with Crippen molar-refractivity contribution in [3.8, 4) is 0 Å². The van der Waals surface area contributed by atoms with Gasteiger partial charge in [-0.3, -0.25) is 0 Å². The molecular weight excluding hydrogens is 240 g/mol. The highest BCUT2D eigenvalue weighted by Gasteiger charge is 2.33. The van der Waals surface area contributed by atoms with E-state index in [9.17, 15) is 9.59 Å². The Bertz CT molecular complexity index is 273. The molecule has 0 radical (unpaired) electrons. The van der Waals surface area contributed by atoms with Crippen LogP contribution in [0.25, 0.3) is 0 Å². The molecule has 0 aromatic rings. The zero-order valence-electron chi connectivity index (χ0n) is 10.1. The van der Waals surface area contributed by atoms with E-state index >= 15 is 0 Å². The van der Waals surface area contributed by atoms with Crippen molar-refractivity contribution < 1.29 is 14.7 Å². The highest BCUT2D eigenvalue weighted by Crippen LogP contribution is 2.17. The average Bonchev–Trinajstić information content (AvgIpc) is 2.77. The first-order valence-corrected chi connectivity index (χ1v) is 7.32. The van der Waals surface area contributed by atoms with Gasteiger partial charge in [-0.1, -0.05) is 0 Å². The number of urea groups is 1. The first-order valence-electron chi connectivity index (χ1n) is 5.93. The fourth-order valence-electron chi connectivity index (χ4n) is 1.93. The number of carbonyl (C=O) groups is 2. The fraction of sp³-hybridized carbons (Fsp3) is 0.818. The number of carboxylic acid groups (broad SMARTS) is 1. The third-order valence-electron chi connectivity index (χ3n) is 2.85. The second-order valence-corrected chi connectivity index (χ2v) is 5.11. The van der Waals surface area contributed by atoms with Gasteiger partial charge in [-0.2, -0.15) is 11.8 Å². The van der Waals surface area contributed by atoms with Crippen LogP contribution in [0.4, 0.5) is 4.79 Å². The quantitative estimate of drug-likeness (QED) is 0.708. The van der Waals surface area contributed by atoms with Crippen molar-refractivity contribution in [3.05, 3.63) is 0 Å². The van der Waals surface area contributed by atoms with Crippen LogP contribution >= 0.6 is 11.8 Å². The number of carboxylic acids is 1. The Morgan fingerprint density at radius 2 is 2.24 bits per heavy atom. The second-order valence-electron chi connectivity index (χ2n) is 4.12. The van der Waals surface area contributed by atoms with Crippen LogP contribution in [0.15, 0.2) is 0 Å². The van der Waals surface area contributed by atoms with Crippen molar-refractivity contribution >= 4 is 23.8 Å². The molecule has 98 valence electrons. The van der Waals surface area contributed by atoms with Crippen LogP contribution in [-0.4, -0.2) is 53.1 Å². The summed E-state index contributed by atoms with van der Waals surface area (Å²) >= 11 is 1.79. The van der Waals surface area contributed by atoms with Gasteiger partial charge in [-0.05, 0) is 37.7 Å². The van der Waals surface area contributed by atoms with Crippen LogP contribution < -0.4 is 5.32 Å². The van der Waals surface area contributed by atoms with E-state index in [0.717, 1.165) is 25.0 Å².